The fourth-order valence-electron chi connectivity index (χ4n) is 4.18. The summed E-state index contributed by atoms with van der Waals surface area (Å²) < 4.78 is 157. The van der Waals surface area contributed by atoms with Gasteiger partial charge in [-0.1, -0.05) is 60.7 Å². The molecule has 52 heavy (non-hydrogen) atoms. The van der Waals surface area contributed by atoms with Crippen LogP contribution in [0, 0.1) is 14.3 Å². The van der Waals surface area contributed by atoms with Crippen LogP contribution >= 0.6 is 0 Å². The van der Waals surface area contributed by atoms with Crippen LogP contribution in [0.25, 0.3) is 21.5 Å². The maximum atomic E-state index is 12.4. The van der Waals surface area contributed by atoms with Crippen molar-refractivity contribution in [1.82, 2.24) is 0 Å². The van der Waals surface area contributed by atoms with Crippen LogP contribution in [-0.4, -0.2) is 14.5 Å². The van der Waals surface area contributed by atoms with Crippen molar-refractivity contribution in [3.05, 3.63) is 159 Å². The highest BCUT2D eigenvalue weighted by Gasteiger charge is 2.32. The molecule has 0 heterocycles. The van der Waals surface area contributed by atoms with Gasteiger partial charge in [0.2, 0.25) is 7.14 Å². The summed E-state index contributed by atoms with van der Waals surface area (Å²) in [6, 6.07) is 40.2. The minimum atomic E-state index is -6.00. The average Bonchev–Trinajstić information content (AvgIpc) is 3.04. The summed E-state index contributed by atoms with van der Waals surface area (Å²) >= 11 is -0.981. The number of hydrogen-bond acceptors (Lipinski definition) is 0. The van der Waals surface area contributed by atoms with Crippen LogP contribution in [0.1, 0.15) is 11.1 Å². The van der Waals surface area contributed by atoms with E-state index in [1.54, 1.807) is 0 Å². The van der Waals surface area contributed by atoms with Crippen LogP contribution in [0.2, 0.25) is 0 Å². The molecule has 0 amide bonds. The van der Waals surface area contributed by atoms with E-state index in [1.807, 2.05) is 0 Å². The second kappa shape index (κ2) is 18.5. The lowest BCUT2D eigenvalue weighted by Crippen LogP contribution is -3.61. The first-order chi connectivity index (χ1) is 24.1. The Hall–Kier alpha value is -3.55. The van der Waals surface area contributed by atoms with E-state index in [2.05, 4.69) is 84.9 Å². The minimum Gasteiger partial charge on any atom is -0.418 e. The molecule has 6 rings (SSSR count). The van der Waals surface area contributed by atoms with Gasteiger partial charge in [0.05, 0.1) is 11.1 Å². The van der Waals surface area contributed by atoms with Crippen LogP contribution in [0.5, 0.6) is 0 Å². The summed E-state index contributed by atoms with van der Waals surface area (Å²) in [6.45, 7) is 0. The normalized spacial score (nSPS) is 11.8. The van der Waals surface area contributed by atoms with Gasteiger partial charge in [-0.3, -0.25) is 0 Å². The van der Waals surface area contributed by atoms with Crippen molar-refractivity contribution < 1.29 is 103 Å². The molecule has 18 heteroatoms. The second-order valence-corrected chi connectivity index (χ2v) is 16.0. The predicted octanol–water partition coefficient (Wildman–Crippen LogP) is 6.57. The van der Waals surface area contributed by atoms with Crippen molar-refractivity contribution in [3.8, 4) is 0 Å². The molecule has 0 unspecified atom stereocenters. The van der Waals surface area contributed by atoms with Gasteiger partial charge in [-0.15, -0.1) is 0 Å². The molecule has 0 aliphatic carbocycles. The third kappa shape index (κ3) is 15.6. The first-order valence-corrected chi connectivity index (χ1v) is 18.7. The predicted molar refractivity (Wildman–Crippen MR) is 166 cm³/mol. The Balaban J connectivity index is 0.000000223. The van der Waals surface area contributed by atoms with E-state index in [4.69, 9.17) is 0 Å². The second-order valence-electron chi connectivity index (χ2n) is 10.1. The summed E-state index contributed by atoms with van der Waals surface area (Å²) in [5.41, 5.74) is -1.47. The van der Waals surface area contributed by atoms with Crippen molar-refractivity contribution >= 4 is 36.1 Å². The number of benzene rings is 6. The standard InChI is InChI=1S/C20H14I.C14H8F6I.2BF4/c1-3-11-17-15(7-1)9-5-13-19(17)21-20-14-6-10-16-8-2-4-12-18(16)20;15-13(16,17)9-1-5-11(6-2-9)21-12-7-3-10(4-8-12)14(18,19)20;2*2-1(3,4)5/h1-14H;1-8H;;/q2*+1;2*-1. The van der Waals surface area contributed by atoms with Crippen LogP contribution < -0.4 is 42.4 Å². The lowest BCUT2D eigenvalue weighted by atomic mass is 10.1. The zero-order valence-corrected chi connectivity index (χ0v) is 30.2. The topological polar surface area (TPSA) is 0 Å². The van der Waals surface area contributed by atoms with Crippen molar-refractivity contribution in [2.45, 2.75) is 12.4 Å². The van der Waals surface area contributed by atoms with Crippen LogP contribution in [-0.2, 0) is 12.4 Å². The number of rotatable bonds is 4. The van der Waals surface area contributed by atoms with E-state index in [-0.39, 0.29) is 21.2 Å². The lowest BCUT2D eigenvalue weighted by Gasteiger charge is -2.05. The summed E-state index contributed by atoms with van der Waals surface area (Å²) in [5.74, 6) is 0. The quantitative estimate of drug-likeness (QED) is 0.107. The van der Waals surface area contributed by atoms with E-state index < -0.39 is 59.2 Å². The van der Waals surface area contributed by atoms with E-state index in [0.29, 0.717) is 7.14 Å². The van der Waals surface area contributed by atoms with Crippen molar-refractivity contribution in [3.63, 3.8) is 0 Å². The van der Waals surface area contributed by atoms with Gasteiger partial charge >= 0.3 is 69.3 Å². The van der Waals surface area contributed by atoms with E-state index in [9.17, 15) is 60.9 Å². The molecule has 0 bridgehead atoms. The number of halogens is 16. The molecule has 6 aromatic rings. The highest BCUT2D eigenvalue weighted by Crippen LogP contribution is 2.29. The summed E-state index contributed by atoms with van der Waals surface area (Å²) in [4.78, 5) is 0. The van der Waals surface area contributed by atoms with E-state index >= 15 is 0 Å². The molecule has 0 fully saturated rings. The van der Waals surface area contributed by atoms with Crippen molar-refractivity contribution in [1.29, 1.82) is 0 Å². The van der Waals surface area contributed by atoms with Gasteiger partial charge in [0, 0.05) is 10.8 Å². The lowest BCUT2D eigenvalue weighted by molar-refractivity contribution is -0.597. The number of alkyl halides is 6. The molecule has 0 aliphatic rings. The van der Waals surface area contributed by atoms with Gasteiger partial charge in [0.15, 0.2) is 7.14 Å². The fourth-order valence-corrected chi connectivity index (χ4v) is 9.30. The highest BCUT2D eigenvalue weighted by molar-refractivity contribution is 6.50. The largest absolute Gasteiger partial charge is 0.673 e. The van der Waals surface area contributed by atoms with Gasteiger partial charge in [0.25, 0.3) is 0 Å². The third-order valence-electron chi connectivity index (χ3n) is 6.24. The van der Waals surface area contributed by atoms with Crippen LogP contribution in [0.15, 0.2) is 133 Å². The first kappa shape index (κ1) is 42.9. The van der Waals surface area contributed by atoms with E-state index in [1.165, 1.54) is 53.0 Å². The van der Waals surface area contributed by atoms with Crippen molar-refractivity contribution in [2.24, 2.45) is 0 Å². The van der Waals surface area contributed by atoms with E-state index in [0.717, 1.165) is 24.3 Å². The van der Waals surface area contributed by atoms with Gasteiger partial charge in [-0.2, -0.15) is 26.3 Å². The molecule has 0 N–H and O–H groups in total. The number of fused-ring (bicyclic) bond motifs is 2. The molecule has 0 nitrogen and oxygen atoms in total. The Morgan fingerprint density at radius 3 is 0.942 bits per heavy atom. The Bertz CT molecular complexity index is 1840. The Morgan fingerprint density at radius 1 is 0.346 bits per heavy atom. The molecule has 6 aromatic carbocycles. The molecule has 0 spiro atoms. The molecular weight excluding hydrogens is 950 g/mol. The first-order valence-electron chi connectivity index (χ1n) is 14.4. The third-order valence-corrected chi connectivity index (χ3v) is 12.0. The zero-order chi connectivity index (χ0) is 38.7. The average molecular weight is 972 g/mol. The van der Waals surface area contributed by atoms with Crippen LogP contribution in [0.4, 0.5) is 60.9 Å². The summed E-state index contributed by atoms with van der Waals surface area (Å²) in [7, 11) is -12.0. The molecule has 0 aliphatic heterocycles. The Kier molecular flexibility index (Phi) is 15.2. The summed E-state index contributed by atoms with van der Waals surface area (Å²) in [6.07, 6.45) is -8.77. The Morgan fingerprint density at radius 2 is 0.635 bits per heavy atom. The maximum Gasteiger partial charge on any atom is 0.673 e. The highest BCUT2D eigenvalue weighted by atomic mass is 127. The van der Waals surface area contributed by atoms with Gasteiger partial charge < -0.3 is 34.5 Å². The molecule has 0 aromatic heterocycles. The minimum absolute atomic E-state index is 0.176. The fraction of sp³-hybridized carbons (Fsp3) is 0.0588. The molecule has 0 atom stereocenters. The molecule has 0 saturated heterocycles. The molecule has 0 saturated carbocycles. The molecular formula is C34H22B2F14I2. The maximum absolute atomic E-state index is 12.4. The van der Waals surface area contributed by atoms with Gasteiger partial charge in [-0.25, -0.2) is 0 Å². The monoisotopic (exact) mass is 972 g/mol. The molecule has 0 radical (unpaired) electrons. The summed E-state index contributed by atoms with van der Waals surface area (Å²) in [5, 5.41) is 5.49. The van der Waals surface area contributed by atoms with Gasteiger partial charge in [-0.05, 0) is 83.6 Å². The Labute approximate surface area is 309 Å². The van der Waals surface area contributed by atoms with Crippen LogP contribution in [0.3, 0.4) is 0 Å². The zero-order valence-electron chi connectivity index (χ0n) is 25.9. The molecule has 276 valence electrons. The smallest absolute Gasteiger partial charge is 0.418 e. The van der Waals surface area contributed by atoms with Crippen molar-refractivity contribution in [2.75, 3.05) is 0 Å². The van der Waals surface area contributed by atoms with Gasteiger partial charge in [0.1, 0.15) is 0 Å². The SMILES string of the molecule is FC(F)(F)c1ccc([I+]c2ccc(C(F)(F)F)cc2)cc1.F[B-](F)(F)F.F[B-](F)(F)F.c1ccc2c([I+]c3cccc4ccccc34)cccc2c1. The number of hydrogen-bond donors (Lipinski definition) is 0.